The number of anilines is 1. The van der Waals surface area contributed by atoms with E-state index in [-0.39, 0.29) is 17.8 Å². The Kier molecular flexibility index (Phi) is 5.70. The van der Waals surface area contributed by atoms with Gasteiger partial charge in [0, 0.05) is 16.1 Å². The first kappa shape index (κ1) is 21.6. The number of nitrogens with zero attached hydrogens (tertiary/aromatic N) is 2. The molecule has 0 aliphatic carbocycles. The van der Waals surface area contributed by atoms with Gasteiger partial charge in [0.2, 0.25) is 5.91 Å². The highest BCUT2D eigenvalue weighted by molar-refractivity contribution is 7.19. The van der Waals surface area contributed by atoms with Gasteiger partial charge in [0.1, 0.15) is 17.1 Å². The van der Waals surface area contributed by atoms with Crippen molar-refractivity contribution in [3.8, 4) is 16.9 Å². The number of hydrogen-bond donors (Lipinski definition) is 1. The Morgan fingerprint density at radius 3 is 2.47 bits per heavy atom. The number of carbonyl (C=O) groups is 1. The summed E-state index contributed by atoms with van der Waals surface area (Å²) in [5.74, 6) is -0.923. The molecule has 10 heteroatoms. The van der Waals surface area contributed by atoms with E-state index in [1.54, 1.807) is 0 Å². The lowest BCUT2D eigenvalue weighted by Crippen LogP contribution is -2.27. The summed E-state index contributed by atoms with van der Waals surface area (Å²) in [6.45, 7) is 1.61. The monoisotopic (exact) mass is 459 g/mol. The van der Waals surface area contributed by atoms with Crippen molar-refractivity contribution in [2.45, 2.75) is 19.8 Å². The maximum atomic E-state index is 13.1. The van der Waals surface area contributed by atoms with Crippen LogP contribution in [-0.4, -0.2) is 21.8 Å². The number of thiophene rings is 1. The number of amides is 1. The Hall–Kier alpha value is -3.66. The molecule has 6 nitrogen and oxygen atoms in total. The van der Waals surface area contributed by atoms with E-state index in [9.17, 15) is 22.8 Å². The summed E-state index contributed by atoms with van der Waals surface area (Å²) in [4.78, 5) is 31.4. The molecule has 2 heterocycles. The van der Waals surface area contributed by atoms with E-state index in [1.165, 1.54) is 34.4 Å². The van der Waals surface area contributed by atoms with Gasteiger partial charge in [-0.3, -0.25) is 14.2 Å². The Balaban J connectivity index is 1.56. The molecule has 0 fully saturated rings. The quantitative estimate of drug-likeness (QED) is 0.457. The zero-order chi connectivity index (χ0) is 22.9. The lowest BCUT2D eigenvalue weighted by Gasteiger charge is -2.10. The maximum absolute atomic E-state index is 13.1. The normalized spacial score (nSPS) is 11.5. The maximum Gasteiger partial charge on any atom is 0.573 e. The van der Waals surface area contributed by atoms with Crippen LogP contribution < -0.4 is 15.6 Å². The number of alkyl halides is 3. The first-order valence-corrected chi connectivity index (χ1v) is 10.2. The van der Waals surface area contributed by atoms with Gasteiger partial charge in [-0.15, -0.1) is 24.5 Å². The second-order valence-corrected chi connectivity index (χ2v) is 8.08. The van der Waals surface area contributed by atoms with Gasteiger partial charge in [0.15, 0.2) is 0 Å². The number of nitrogens with one attached hydrogen (secondary N) is 1. The smallest absolute Gasteiger partial charge is 0.406 e. The SMILES string of the molecule is Cc1sc2ncn(CC(=O)Nc3ccc(OC(F)(F)F)cc3)c(=O)c2c1-c1ccccc1. The molecule has 4 aromatic rings. The molecule has 164 valence electrons. The van der Waals surface area contributed by atoms with Crippen LogP contribution in [0.15, 0.2) is 65.7 Å². The molecule has 0 bridgehead atoms. The molecule has 0 unspecified atom stereocenters. The summed E-state index contributed by atoms with van der Waals surface area (Å²) in [6.07, 6.45) is -3.48. The molecular formula is C22H16F3N3O3S. The number of hydrogen-bond acceptors (Lipinski definition) is 5. The third-order valence-corrected chi connectivity index (χ3v) is 5.62. The van der Waals surface area contributed by atoms with E-state index in [2.05, 4.69) is 15.0 Å². The molecule has 0 saturated heterocycles. The van der Waals surface area contributed by atoms with E-state index in [1.807, 2.05) is 37.3 Å². The predicted octanol–water partition coefficient (Wildman–Crippen LogP) is 4.97. The summed E-state index contributed by atoms with van der Waals surface area (Å²) < 4.78 is 41.8. The van der Waals surface area contributed by atoms with Crippen LogP contribution in [0.4, 0.5) is 18.9 Å². The Labute approximate surface area is 183 Å². The lowest BCUT2D eigenvalue weighted by atomic mass is 10.0. The standard InChI is InChI=1S/C22H16F3N3O3S/c1-13-18(14-5-3-2-4-6-14)19-20(32-13)26-12-28(21(19)30)11-17(29)27-15-7-9-16(10-8-15)31-22(23,24)25/h2-10,12H,11H2,1H3,(H,27,29). The van der Waals surface area contributed by atoms with Gasteiger partial charge >= 0.3 is 6.36 Å². The predicted molar refractivity (Wildman–Crippen MR) is 116 cm³/mol. The van der Waals surface area contributed by atoms with Crippen molar-refractivity contribution in [1.82, 2.24) is 9.55 Å². The van der Waals surface area contributed by atoms with E-state index in [0.717, 1.165) is 28.1 Å². The first-order chi connectivity index (χ1) is 15.2. The highest BCUT2D eigenvalue weighted by Crippen LogP contribution is 2.35. The summed E-state index contributed by atoms with van der Waals surface area (Å²) in [5, 5.41) is 2.99. The molecule has 0 spiro atoms. The minimum Gasteiger partial charge on any atom is -0.406 e. The molecule has 2 aromatic heterocycles. The van der Waals surface area contributed by atoms with Gasteiger partial charge in [0.05, 0.1) is 11.7 Å². The van der Waals surface area contributed by atoms with Crippen LogP contribution in [0.2, 0.25) is 0 Å². The number of ether oxygens (including phenoxy) is 1. The molecule has 0 radical (unpaired) electrons. The summed E-state index contributed by atoms with van der Waals surface area (Å²) in [5.41, 5.74) is 1.60. The number of rotatable bonds is 5. The van der Waals surface area contributed by atoms with Crippen LogP contribution in [0.1, 0.15) is 4.88 Å². The minimum absolute atomic E-state index is 0.267. The molecule has 0 aliphatic rings. The molecule has 0 saturated carbocycles. The minimum atomic E-state index is -4.80. The fourth-order valence-electron chi connectivity index (χ4n) is 3.30. The molecule has 1 N–H and O–H groups in total. The van der Waals surface area contributed by atoms with Crippen molar-refractivity contribution in [2.24, 2.45) is 0 Å². The van der Waals surface area contributed by atoms with Crippen molar-refractivity contribution in [3.05, 3.63) is 76.2 Å². The van der Waals surface area contributed by atoms with Crippen molar-refractivity contribution in [3.63, 3.8) is 0 Å². The Morgan fingerprint density at radius 2 is 1.81 bits per heavy atom. The number of halogens is 3. The topological polar surface area (TPSA) is 73.2 Å². The molecule has 0 atom stereocenters. The van der Waals surface area contributed by atoms with E-state index in [0.29, 0.717) is 10.2 Å². The van der Waals surface area contributed by atoms with E-state index in [4.69, 9.17) is 0 Å². The van der Waals surface area contributed by atoms with Gasteiger partial charge in [-0.05, 0) is 36.8 Å². The highest BCUT2D eigenvalue weighted by atomic mass is 32.1. The third kappa shape index (κ3) is 4.65. The Morgan fingerprint density at radius 1 is 1.12 bits per heavy atom. The van der Waals surface area contributed by atoms with E-state index < -0.39 is 18.0 Å². The molecule has 4 rings (SSSR count). The summed E-state index contributed by atoms with van der Waals surface area (Å²) >= 11 is 1.41. The van der Waals surface area contributed by atoms with Gasteiger partial charge in [-0.2, -0.15) is 0 Å². The van der Waals surface area contributed by atoms with Crippen LogP contribution in [-0.2, 0) is 11.3 Å². The zero-order valence-electron chi connectivity index (χ0n) is 16.6. The van der Waals surface area contributed by atoms with Crippen LogP contribution in [0.25, 0.3) is 21.3 Å². The molecular weight excluding hydrogens is 443 g/mol. The van der Waals surface area contributed by atoms with Crippen molar-refractivity contribution in [1.29, 1.82) is 0 Å². The summed E-state index contributed by atoms with van der Waals surface area (Å²) in [7, 11) is 0. The fourth-order valence-corrected chi connectivity index (χ4v) is 4.30. The van der Waals surface area contributed by atoms with Crippen LogP contribution in [0, 0.1) is 6.92 Å². The van der Waals surface area contributed by atoms with Gasteiger partial charge < -0.3 is 10.1 Å². The molecule has 2 aromatic carbocycles. The largest absolute Gasteiger partial charge is 0.573 e. The van der Waals surface area contributed by atoms with Gasteiger partial charge in [0.25, 0.3) is 5.56 Å². The fraction of sp³-hybridized carbons (Fsp3) is 0.136. The van der Waals surface area contributed by atoms with Crippen LogP contribution in [0.3, 0.4) is 0 Å². The van der Waals surface area contributed by atoms with Crippen LogP contribution in [0.5, 0.6) is 5.75 Å². The van der Waals surface area contributed by atoms with Gasteiger partial charge in [-0.1, -0.05) is 30.3 Å². The van der Waals surface area contributed by atoms with Gasteiger partial charge in [-0.25, -0.2) is 4.98 Å². The number of aromatic nitrogens is 2. The number of carbonyl (C=O) groups excluding carboxylic acids is 1. The lowest BCUT2D eigenvalue weighted by molar-refractivity contribution is -0.274. The van der Waals surface area contributed by atoms with Crippen molar-refractivity contribution >= 4 is 33.1 Å². The van der Waals surface area contributed by atoms with Crippen molar-refractivity contribution < 1.29 is 22.7 Å². The summed E-state index contributed by atoms with van der Waals surface area (Å²) in [6, 6.07) is 14.2. The number of fused-ring (bicyclic) bond motifs is 1. The second kappa shape index (κ2) is 8.46. The molecule has 32 heavy (non-hydrogen) atoms. The van der Waals surface area contributed by atoms with Crippen LogP contribution >= 0.6 is 11.3 Å². The molecule has 1 amide bonds. The number of benzene rings is 2. The second-order valence-electron chi connectivity index (χ2n) is 6.88. The first-order valence-electron chi connectivity index (χ1n) is 9.41. The third-order valence-electron chi connectivity index (χ3n) is 4.60. The Bertz CT molecular complexity index is 1330. The average molecular weight is 459 g/mol. The van der Waals surface area contributed by atoms with E-state index >= 15 is 0 Å². The van der Waals surface area contributed by atoms with Crippen molar-refractivity contribution in [2.75, 3.05) is 5.32 Å². The average Bonchev–Trinajstić information content (AvgIpc) is 3.08. The molecule has 0 aliphatic heterocycles. The highest BCUT2D eigenvalue weighted by Gasteiger charge is 2.31. The zero-order valence-corrected chi connectivity index (χ0v) is 17.5. The number of aryl methyl sites for hydroxylation is 1.